The quantitative estimate of drug-likeness (QED) is 0.870. The van der Waals surface area contributed by atoms with E-state index in [0.29, 0.717) is 5.92 Å². The summed E-state index contributed by atoms with van der Waals surface area (Å²) in [4.78, 5) is 2.23. The van der Waals surface area contributed by atoms with Gasteiger partial charge in [0.2, 0.25) is 0 Å². The van der Waals surface area contributed by atoms with Crippen molar-refractivity contribution in [2.75, 3.05) is 13.6 Å². The number of hydrogen-bond acceptors (Lipinski definition) is 2. The Morgan fingerprint density at radius 3 is 2.61 bits per heavy atom. The van der Waals surface area contributed by atoms with Gasteiger partial charge in [0.1, 0.15) is 5.82 Å². The van der Waals surface area contributed by atoms with Crippen LogP contribution < -0.4 is 0 Å². The zero-order valence-corrected chi connectivity index (χ0v) is 11.0. The van der Waals surface area contributed by atoms with E-state index in [2.05, 4.69) is 11.9 Å². The SMILES string of the molecule is CN(CCC1CCCC1O)Cc1ccc(F)cc1. The predicted molar refractivity (Wildman–Crippen MR) is 70.7 cm³/mol. The summed E-state index contributed by atoms with van der Waals surface area (Å²) in [5.41, 5.74) is 1.13. The van der Waals surface area contributed by atoms with Crippen LogP contribution in [0.3, 0.4) is 0 Å². The lowest BCUT2D eigenvalue weighted by atomic mass is 10.0. The van der Waals surface area contributed by atoms with Crippen LogP contribution in [0.4, 0.5) is 4.39 Å². The minimum atomic E-state index is -0.185. The molecule has 0 radical (unpaired) electrons. The Balaban J connectivity index is 1.74. The van der Waals surface area contributed by atoms with Crippen LogP contribution in [0.5, 0.6) is 0 Å². The number of rotatable bonds is 5. The molecular formula is C15H22FNO. The van der Waals surface area contributed by atoms with E-state index in [1.54, 1.807) is 0 Å². The molecule has 2 nitrogen and oxygen atoms in total. The smallest absolute Gasteiger partial charge is 0.123 e. The van der Waals surface area contributed by atoms with Crippen LogP contribution >= 0.6 is 0 Å². The van der Waals surface area contributed by atoms with Gasteiger partial charge in [0.15, 0.2) is 0 Å². The largest absolute Gasteiger partial charge is 0.393 e. The summed E-state index contributed by atoms with van der Waals surface area (Å²) in [5, 5.41) is 9.76. The molecule has 1 aliphatic rings. The molecule has 0 aromatic heterocycles. The third-order valence-corrected chi connectivity index (χ3v) is 3.87. The molecule has 0 bridgehead atoms. The lowest BCUT2D eigenvalue weighted by Gasteiger charge is -2.20. The lowest BCUT2D eigenvalue weighted by molar-refractivity contribution is 0.120. The average molecular weight is 251 g/mol. The molecular weight excluding hydrogens is 229 g/mol. The second-order valence-electron chi connectivity index (χ2n) is 5.41. The van der Waals surface area contributed by atoms with Crippen molar-refractivity contribution in [2.24, 2.45) is 5.92 Å². The summed E-state index contributed by atoms with van der Waals surface area (Å²) >= 11 is 0. The van der Waals surface area contributed by atoms with Gasteiger partial charge in [0.05, 0.1) is 6.10 Å². The normalized spacial score (nSPS) is 23.8. The molecule has 0 spiro atoms. The number of aliphatic hydroxyl groups excluding tert-OH is 1. The van der Waals surface area contributed by atoms with E-state index < -0.39 is 0 Å². The van der Waals surface area contributed by atoms with E-state index in [1.165, 1.54) is 12.1 Å². The molecule has 1 aromatic carbocycles. The molecule has 3 heteroatoms. The van der Waals surface area contributed by atoms with E-state index in [4.69, 9.17) is 0 Å². The highest BCUT2D eigenvalue weighted by molar-refractivity contribution is 5.15. The molecule has 1 aliphatic carbocycles. The van der Waals surface area contributed by atoms with Crippen LogP contribution in [0.25, 0.3) is 0 Å². The first-order valence-electron chi connectivity index (χ1n) is 6.76. The number of halogens is 1. The van der Waals surface area contributed by atoms with Gasteiger partial charge in [-0.3, -0.25) is 0 Å². The van der Waals surface area contributed by atoms with E-state index in [-0.39, 0.29) is 11.9 Å². The fraction of sp³-hybridized carbons (Fsp3) is 0.600. The van der Waals surface area contributed by atoms with Gasteiger partial charge in [-0.15, -0.1) is 0 Å². The molecule has 1 fully saturated rings. The Morgan fingerprint density at radius 2 is 2.00 bits per heavy atom. The van der Waals surface area contributed by atoms with Gasteiger partial charge in [-0.2, -0.15) is 0 Å². The molecule has 18 heavy (non-hydrogen) atoms. The van der Waals surface area contributed by atoms with Crippen LogP contribution in [0, 0.1) is 11.7 Å². The highest BCUT2D eigenvalue weighted by Crippen LogP contribution is 2.28. The second-order valence-corrected chi connectivity index (χ2v) is 5.41. The maximum atomic E-state index is 12.8. The fourth-order valence-electron chi connectivity index (χ4n) is 2.72. The molecule has 2 unspecified atom stereocenters. The van der Waals surface area contributed by atoms with Crippen molar-refractivity contribution < 1.29 is 9.50 Å². The topological polar surface area (TPSA) is 23.5 Å². The molecule has 1 saturated carbocycles. The Morgan fingerprint density at radius 1 is 1.28 bits per heavy atom. The molecule has 2 atom stereocenters. The van der Waals surface area contributed by atoms with E-state index in [9.17, 15) is 9.50 Å². The van der Waals surface area contributed by atoms with Crippen molar-refractivity contribution >= 4 is 0 Å². The lowest BCUT2D eigenvalue weighted by Crippen LogP contribution is -2.24. The van der Waals surface area contributed by atoms with Crippen molar-refractivity contribution in [1.29, 1.82) is 0 Å². The first-order chi connectivity index (χ1) is 8.65. The van der Waals surface area contributed by atoms with Gasteiger partial charge in [-0.05, 0) is 56.5 Å². The minimum Gasteiger partial charge on any atom is -0.393 e. The standard InChI is InChI=1S/C15H22FNO/c1-17(10-9-13-3-2-4-15(13)18)11-12-5-7-14(16)8-6-12/h5-8,13,15,18H,2-4,9-11H2,1H3. The highest BCUT2D eigenvalue weighted by atomic mass is 19.1. The van der Waals surface area contributed by atoms with Crippen molar-refractivity contribution in [1.82, 2.24) is 4.90 Å². The zero-order chi connectivity index (χ0) is 13.0. The van der Waals surface area contributed by atoms with Gasteiger partial charge in [-0.1, -0.05) is 18.6 Å². The second kappa shape index (κ2) is 6.30. The van der Waals surface area contributed by atoms with Crippen LogP contribution in [-0.2, 0) is 6.54 Å². The first kappa shape index (κ1) is 13.5. The molecule has 1 N–H and O–H groups in total. The Bertz CT molecular complexity index is 365. The summed E-state index contributed by atoms with van der Waals surface area (Å²) in [7, 11) is 2.07. The van der Waals surface area contributed by atoms with Crippen LogP contribution in [0.1, 0.15) is 31.2 Å². The fourth-order valence-corrected chi connectivity index (χ4v) is 2.72. The zero-order valence-electron chi connectivity index (χ0n) is 11.0. The summed E-state index contributed by atoms with van der Waals surface area (Å²) in [5.74, 6) is 0.288. The Labute approximate surface area is 108 Å². The van der Waals surface area contributed by atoms with E-state index >= 15 is 0 Å². The maximum absolute atomic E-state index is 12.8. The third kappa shape index (κ3) is 3.79. The molecule has 0 aliphatic heterocycles. The minimum absolute atomic E-state index is 0.0933. The van der Waals surface area contributed by atoms with Gasteiger partial charge < -0.3 is 10.0 Å². The first-order valence-corrected chi connectivity index (χ1v) is 6.76. The molecule has 100 valence electrons. The monoisotopic (exact) mass is 251 g/mol. The van der Waals surface area contributed by atoms with Crippen LogP contribution in [0.15, 0.2) is 24.3 Å². The Hall–Kier alpha value is -0.930. The van der Waals surface area contributed by atoms with Gasteiger partial charge in [0, 0.05) is 6.54 Å². The molecule has 0 heterocycles. The maximum Gasteiger partial charge on any atom is 0.123 e. The summed E-state index contributed by atoms with van der Waals surface area (Å²) in [6.45, 7) is 1.82. The number of nitrogens with zero attached hydrogens (tertiary/aromatic N) is 1. The molecule has 0 amide bonds. The Kier molecular flexibility index (Phi) is 4.72. The van der Waals surface area contributed by atoms with Crippen LogP contribution in [0.2, 0.25) is 0 Å². The van der Waals surface area contributed by atoms with Gasteiger partial charge in [0.25, 0.3) is 0 Å². The van der Waals surface area contributed by atoms with Crippen molar-refractivity contribution in [3.63, 3.8) is 0 Å². The molecule has 2 rings (SSSR count). The van der Waals surface area contributed by atoms with Gasteiger partial charge >= 0.3 is 0 Å². The van der Waals surface area contributed by atoms with E-state index in [1.807, 2.05) is 12.1 Å². The summed E-state index contributed by atoms with van der Waals surface area (Å²) in [6.07, 6.45) is 4.24. The number of hydrogen-bond donors (Lipinski definition) is 1. The predicted octanol–water partition coefficient (Wildman–Crippen LogP) is 2.81. The van der Waals surface area contributed by atoms with Gasteiger partial charge in [-0.25, -0.2) is 4.39 Å². The molecule has 0 saturated heterocycles. The van der Waals surface area contributed by atoms with E-state index in [0.717, 1.165) is 44.3 Å². The van der Waals surface area contributed by atoms with Crippen LogP contribution in [-0.4, -0.2) is 29.7 Å². The summed E-state index contributed by atoms with van der Waals surface area (Å²) in [6, 6.07) is 6.67. The summed E-state index contributed by atoms with van der Waals surface area (Å²) < 4.78 is 12.8. The van der Waals surface area contributed by atoms with Crippen molar-refractivity contribution in [2.45, 2.75) is 38.3 Å². The van der Waals surface area contributed by atoms with Crippen molar-refractivity contribution in [3.05, 3.63) is 35.6 Å². The molecule has 1 aromatic rings. The number of benzene rings is 1. The number of aliphatic hydroxyl groups is 1. The highest BCUT2D eigenvalue weighted by Gasteiger charge is 2.24. The average Bonchev–Trinajstić information content (AvgIpc) is 2.75. The third-order valence-electron chi connectivity index (χ3n) is 3.87. The van der Waals surface area contributed by atoms with Crippen molar-refractivity contribution in [3.8, 4) is 0 Å².